The normalized spacial score (nSPS) is 20.1. The van der Waals surface area contributed by atoms with Crippen LogP contribution in [0.2, 0.25) is 0 Å². The van der Waals surface area contributed by atoms with Crippen LogP contribution in [-0.2, 0) is 20.9 Å². The highest BCUT2D eigenvalue weighted by Crippen LogP contribution is 2.20. The smallest absolute Gasteiger partial charge is 0.375 e. The number of para-hydroxylation sites is 1. The SMILES string of the molecule is C[C@H]1C[C@@H](OC(=O)c2ccc(COc3ccccc3)o2)C(=O)O1. The van der Waals surface area contributed by atoms with Gasteiger partial charge in [0.2, 0.25) is 11.9 Å². The first kappa shape index (κ1) is 15.1. The van der Waals surface area contributed by atoms with Crippen molar-refractivity contribution in [2.75, 3.05) is 0 Å². The number of esters is 2. The number of benzene rings is 1. The monoisotopic (exact) mass is 316 g/mol. The maximum atomic E-state index is 12.0. The number of hydrogen-bond acceptors (Lipinski definition) is 6. The first-order valence-electron chi connectivity index (χ1n) is 7.30. The third-order valence-electron chi connectivity index (χ3n) is 3.36. The van der Waals surface area contributed by atoms with Crippen LogP contribution in [0.25, 0.3) is 0 Å². The third-order valence-corrected chi connectivity index (χ3v) is 3.36. The van der Waals surface area contributed by atoms with E-state index in [-0.39, 0.29) is 18.5 Å². The lowest BCUT2D eigenvalue weighted by molar-refractivity contribution is -0.147. The first-order valence-corrected chi connectivity index (χ1v) is 7.30. The van der Waals surface area contributed by atoms with Gasteiger partial charge in [0, 0.05) is 6.42 Å². The Labute approximate surface area is 132 Å². The van der Waals surface area contributed by atoms with Crippen LogP contribution in [0.4, 0.5) is 0 Å². The second-order valence-electron chi connectivity index (χ2n) is 5.24. The predicted octanol–water partition coefficient (Wildman–Crippen LogP) is 2.72. The van der Waals surface area contributed by atoms with Crippen molar-refractivity contribution in [2.24, 2.45) is 0 Å². The molecule has 0 unspecified atom stereocenters. The Morgan fingerprint density at radius 1 is 1.22 bits per heavy atom. The summed E-state index contributed by atoms with van der Waals surface area (Å²) in [6.07, 6.45) is -0.756. The van der Waals surface area contributed by atoms with E-state index in [9.17, 15) is 9.59 Å². The largest absolute Gasteiger partial charge is 0.486 e. The number of rotatable bonds is 5. The van der Waals surface area contributed by atoms with Crippen molar-refractivity contribution >= 4 is 11.9 Å². The van der Waals surface area contributed by atoms with Gasteiger partial charge < -0.3 is 18.6 Å². The molecular weight excluding hydrogens is 300 g/mol. The molecule has 2 atom stereocenters. The van der Waals surface area contributed by atoms with Crippen molar-refractivity contribution in [3.63, 3.8) is 0 Å². The summed E-state index contributed by atoms with van der Waals surface area (Å²) in [4.78, 5) is 23.4. The summed E-state index contributed by atoms with van der Waals surface area (Å²) >= 11 is 0. The maximum Gasteiger partial charge on any atom is 0.375 e. The van der Waals surface area contributed by atoms with Crippen molar-refractivity contribution in [1.29, 1.82) is 0 Å². The molecule has 1 aliphatic heterocycles. The minimum Gasteiger partial charge on any atom is -0.486 e. The third kappa shape index (κ3) is 3.71. The van der Waals surface area contributed by atoms with Crippen LogP contribution in [-0.4, -0.2) is 24.1 Å². The summed E-state index contributed by atoms with van der Waals surface area (Å²) in [6, 6.07) is 12.4. The van der Waals surface area contributed by atoms with Gasteiger partial charge in [0.25, 0.3) is 0 Å². The molecule has 0 spiro atoms. The van der Waals surface area contributed by atoms with E-state index < -0.39 is 18.0 Å². The van der Waals surface area contributed by atoms with Crippen LogP contribution in [0.3, 0.4) is 0 Å². The molecule has 0 saturated carbocycles. The molecule has 0 amide bonds. The van der Waals surface area contributed by atoms with Crippen LogP contribution >= 0.6 is 0 Å². The summed E-state index contributed by atoms with van der Waals surface area (Å²) in [5.41, 5.74) is 0. The second kappa shape index (κ2) is 6.56. The average Bonchev–Trinajstić information content (AvgIpc) is 3.13. The molecule has 6 heteroatoms. The minimum absolute atomic E-state index is 0.0315. The fourth-order valence-corrected chi connectivity index (χ4v) is 2.24. The molecule has 120 valence electrons. The quantitative estimate of drug-likeness (QED) is 0.790. The molecule has 2 aromatic rings. The summed E-state index contributed by atoms with van der Waals surface area (Å²) in [5.74, 6) is 0.0138. The van der Waals surface area contributed by atoms with Gasteiger partial charge in [-0.15, -0.1) is 0 Å². The van der Waals surface area contributed by atoms with Crippen LogP contribution in [0, 0.1) is 0 Å². The van der Waals surface area contributed by atoms with Crippen LogP contribution in [0.1, 0.15) is 29.7 Å². The van der Waals surface area contributed by atoms with Gasteiger partial charge in [-0.25, -0.2) is 9.59 Å². The molecule has 0 aliphatic carbocycles. The fraction of sp³-hybridized carbons (Fsp3) is 0.294. The highest BCUT2D eigenvalue weighted by atomic mass is 16.6. The fourth-order valence-electron chi connectivity index (χ4n) is 2.24. The van der Waals surface area contributed by atoms with E-state index in [1.54, 1.807) is 13.0 Å². The van der Waals surface area contributed by atoms with Crippen molar-refractivity contribution in [3.05, 3.63) is 54.0 Å². The Morgan fingerprint density at radius 2 is 2.00 bits per heavy atom. The lowest BCUT2D eigenvalue weighted by Gasteiger charge is -2.06. The summed E-state index contributed by atoms with van der Waals surface area (Å²) < 4.78 is 21.0. The van der Waals surface area contributed by atoms with Gasteiger partial charge in [0.15, 0.2) is 0 Å². The van der Waals surface area contributed by atoms with E-state index in [0.717, 1.165) is 0 Å². The van der Waals surface area contributed by atoms with Gasteiger partial charge in [-0.3, -0.25) is 0 Å². The number of ether oxygens (including phenoxy) is 3. The zero-order valence-electron chi connectivity index (χ0n) is 12.6. The Balaban J connectivity index is 1.56. The summed E-state index contributed by atoms with van der Waals surface area (Å²) in [7, 11) is 0. The Kier molecular flexibility index (Phi) is 4.32. The highest BCUT2D eigenvalue weighted by molar-refractivity contribution is 5.89. The van der Waals surface area contributed by atoms with Gasteiger partial charge in [0.05, 0.1) is 0 Å². The molecule has 3 rings (SSSR count). The van der Waals surface area contributed by atoms with E-state index in [4.69, 9.17) is 18.6 Å². The van der Waals surface area contributed by atoms with Crippen LogP contribution in [0.15, 0.2) is 46.9 Å². The van der Waals surface area contributed by atoms with Crippen molar-refractivity contribution < 1.29 is 28.2 Å². The Morgan fingerprint density at radius 3 is 2.70 bits per heavy atom. The van der Waals surface area contributed by atoms with Crippen LogP contribution < -0.4 is 4.74 Å². The summed E-state index contributed by atoms with van der Waals surface area (Å²) in [6.45, 7) is 1.94. The maximum absolute atomic E-state index is 12.0. The number of carbonyl (C=O) groups is 2. The molecule has 0 N–H and O–H groups in total. The molecule has 1 saturated heterocycles. The highest BCUT2D eigenvalue weighted by Gasteiger charge is 2.35. The molecule has 0 bridgehead atoms. The van der Waals surface area contributed by atoms with E-state index in [2.05, 4.69) is 0 Å². The van der Waals surface area contributed by atoms with Gasteiger partial charge in [-0.05, 0) is 31.2 Å². The molecular formula is C17H16O6. The molecule has 23 heavy (non-hydrogen) atoms. The number of hydrogen-bond donors (Lipinski definition) is 0. The van der Waals surface area contributed by atoms with Crippen molar-refractivity contribution in [1.82, 2.24) is 0 Å². The predicted molar refractivity (Wildman–Crippen MR) is 78.9 cm³/mol. The molecule has 6 nitrogen and oxygen atoms in total. The molecule has 2 heterocycles. The topological polar surface area (TPSA) is 75.0 Å². The summed E-state index contributed by atoms with van der Waals surface area (Å²) in [5, 5.41) is 0. The van der Waals surface area contributed by atoms with E-state index in [1.807, 2.05) is 30.3 Å². The lowest BCUT2D eigenvalue weighted by atomic mass is 10.2. The minimum atomic E-state index is -0.869. The van der Waals surface area contributed by atoms with Crippen molar-refractivity contribution in [2.45, 2.75) is 32.2 Å². The van der Waals surface area contributed by atoms with Gasteiger partial charge in [-0.2, -0.15) is 0 Å². The molecule has 1 aromatic heterocycles. The molecule has 0 radical (unpaired) electrons. The average molecular weight is 316 g/mol. The standard InChI is InChI=1S/C17H16O6/c1-11-9-15(17(19)21-11)23-16(18)14-8-7-13(22-14)10-20-12-5-3-2-4-6-12/h2-8,11,15H,9-10H2,1H3/t11-,15+/m0/s1. The zero-order valence-corrected chi connectivity index (χ0v) is 12.6. The number of carbonyl (C=O) groups excluding carboxylic acids is 2. The zero-order chi connectivity index (χ0) is 16.2. The van der Waals surface area contributed by atoms with Gasteiger partial charge >= 0.3 is 11.9 Å². The van der Waals surface area contributed by atoms with Gasteiger partial charge in [0.1, 0.15) is 24.2 Å². The Hall–Kier alpha value is -2.76. The van der Waals surface area contributed by atoms with E-state index in [1.165, 1.54) is 6.07 Å². The van der Waals surface area contributed by atoms with E-state index in [0.29, 0.717) is 17.9 Å². The number of furan rings is 1. The molecule has 1 aliphatic rings. The Bertz CT molecular complexity index is 690. The van der Waals surface area contributed by atoms with E-state index >= 15 is 0 Å². The molecule has 1 aromatic carbocycles. The van der Waals surface area contributed by atoms with Crippen LogP contribution in [0.5, 0.6) is 5.75 Å². The second-order valence-corrected chi connectivity index (χ2v) is 5.24. The van der Waals surface area contributed by atoms with Crippen molar-refractivity contribution in [3.8, 4) is 5.75 Å². The number of cyclic esters (lactones) is 1. The first-order chi connectivity index (χ1) is 11.1. The lowest BCUT2D eigenvalue weighted by Crippen LogP contribution is -2.22. The van der Waals surface area contributed by atoms with Gasteiger partial charge in [-0.1, -0.05) is 18.2 Å². The molecule has 1 fully saturated rings.